The molecule has 0 fully saturated rings. The highest BCUT2D eigenvalue weighted by Crippen LogP contribution is 2.45. The molecule has 0 radical (unpaired) electrons. The SMILES string of the molecule is N#Cc1ccc(-c2ccc3c(c2)nc(-c2cccc(-c4ccc5ccc6cccc7ccc4c5c67)c2)c2c4ccccc4c4ccccc4c32)cc1. The Morgan fingerprint density at radius 3 is 1.71 bits per heavy atom. The molecule has 52 heavy (non-hydrogen) atoms. The van der Waals surface area contributed by atoms with Crippen molar-refractivity contribution in [2.24, 2.45) is 0 Å². The second-order valence-electron chi connectivity index (χ2n) is 13.8. The molecule has 1 heterocycles. The fourth-order valence-electron chi connectivity index (χ4n) is 8.63. The van der Waals surface area contributed by atoms with Crippen LogP contribution in [0.2, 0.25) is 0 Å². The van der Waals surface area contributed by atoms with Crippen LogP contribution in [0, 0.1) is 11.3 Å². The number of aromatic nitrogens is 1. The van der Waals surface area contributed by atoms with Crippen molar-refractivity contribution in [2.75, 3.05) is 0 Å². The van der Waals surface area contributed by atoms with E-state index >= 15 is 0 Å². The molecule has 0 spiro atoms. The molecule has 2 nitrogen and oxygen atoms in total. The number of nitriles is 1. The van der Waals surface area contributed by atoms with Gasteiger partial charge in [-0.25, -0.2) is 4.98 Å². The van der Waals surface area contributed by atoms with E-state index < -0.39 is 0 Å². The number of benzene rings is 10. The molecule has 0 saturated carbocycles. The molecule has 11 aromatic rings. The number of pyridine rings is 1. The van der Waals surface area contributed by atoms with Crippen LogP contribution < -0.4 is 0 Å². The van der Waals surface area contributed by atoms with Gasteiger partial charge in [-0.3, -0.25) is 0 Å². The van der Waals surface area contributed by atoms with Gasteiger partial charge < -0.3 is 0 Å². The van der Waals surface area contributed by atoms with E-state index in [1.54, 1.807) is 0 Å². The molecule has 238 valence electrons. The molecule has 11 rings (SSSR count). The van der Waals surface area contributed by atoms with Gasteiger partial charge in [-0.2, -0.15) is 5.26 Å². The van der Waals surface area contributed by atoms with E-state index in [4.69, 9.17) is 4.98 Å². The van der Waals surface area contributed by atoms with Crippen molar-refractivity contribution < 1.29 is 0 Å². The number of fused-ring (bicyclic) bond motifs is 8. The molecule has 1 aromatic heterocycles. The van der Waals surface area contributed by atoms with Gasteiger partial charge in [-0.05, 0) is 100 Å². The topological polar surface area (TPSA) is 36.7 Å². The molecular formula is C50H28N2. The molecule has 0 aliphatic rings. The van der Waals surface area contributed by atoms with Crippen LogP contribution in [0.3, 0.4) is 0 Å². The summed E-state index contributed by atoms with van der Waals surface area (Å²) in [6.45, 7) is 0. The number of rotatable bonds is 3. The van der Waals surface area contributed by atoms with Gasteiger partial charge >= 0.3 is 0 Å². The summed E-state index contributed by atoms with van der Waals surface area (Å²) in [5.41, 5.74) is 8.17. The third-order valence-electron chi connectivity index (χ3n) is 11.0. The Kier molecular flexibility index (Phi) is 6.05. The number of hydrogen-bond donors (Lipinski definition) is 0. The predicted octanol–water partition coefficient (Wildman–Crippen LogP) is 13.5. The molecule has 2 heteroatoms. The zero-order valence-electron chi connectivity index (χ0n) is 28.1. The maximum Gasteiger partial charge on any atom is 0.0991 e. The Morgan fingerprint density at radius 1 is 0.365 bits per heavy atom. The van der Waals surface area contributed by atoms with Crippen molar-refractivity contribution in [2.45, 2.75) is 0 Å². The van der Waals surface area contributed by atoms with Gasteiger partial charge in [0.25, 0.3) is 0 Å². The van der Waals surface area contributed by atoms with Gasteiger partial charge in [-0.15, -0.1) is 0 Å². The first kappa shape index (κ1) is 28.7. The summed E-state index contributed by atoms with van der Waals surface area (Å²) in [4.78, 5) is 5.56. The Hall–Kier alpha value is -7.08. The van der Waals surface area contributed by atoms with Crippen LogP contribution in [0.4, 0.5) is 0 Å². The first-order valence-corrected chi connectivity index (χ1v) is 17.7. The van der Waals surface area contributed by atoms with Crippen molar-refractivity contribution >= 4 is 75.5 Å². The smallest absolute Gasteiger partial charge is 0.0991 e. The quantitative estimate of drug-likeness (QED) is 0.177. The van der Waals surface area contributed by atoms with Gasteiger partial charge in [0.1, 0.15) is 0 Å². The first-order chi connectivity index (χ1) is 25.7. The minimum atomic E-state index is 0.652. The lowest BCUT2D eigenvalue weighted by atomic mass is 9.88. The summed E-state index contributed by atoms with van der Waals surface area (Å²) < 4.78 is 0. The summed E-state index contributed by atoms with van der Waals surface area (Å²) in [6.07, 6.45) is 0. The molecule has 0 aliphatic carbocycles. The number of nitrogens with zero attached hydrogens (tertiary/aromatic N) is 2. The zero-order valence-corrected chi connectivity index (χ0v) is 28.1. The standard InChI is InChI=1S/C50H28N2/c51-29-30-15-17-31(18-16-30)35-23-26-44-45(28-35)52-50(49-42-14-4-2-12-40(42)39-11-1-3-13-41(39)48(44)49)37-10-6-9-36(27-37)38-24-21-34-20-19-32-7-5-8-33-22-25-43(38)47(34)46(32)33/h1-28H. The fraction of sp³-hybridized carbons (Fsp3) is 0. The summed E-state index contributed by atoms with van der Waals surface area (Å²) in [6, 6.07) is 63.3. The Bertz CT molecular complexity index is 3280. The third kappa shape index (κ3) is 4.14. The highest BCUT2D eigenvalue weighted by molar-refractivity contribution is 6.34. The molecule has 0 N–H and O–H groups in total. The lowest BCUT2D eigenvalue weighted by Gasteiger charge is -2.18. The second kappa shape index (κ2) is 11.0. The van der Waals surface area contributed by atoms with E-state index in [1.165, 1.54) is 75.8 Å². The highest BCUT2D eigenvalue weighted by Gasteiger charge is 2.19. The van der Waals surface area contributed by atoms with E-state index in [2.05, 4.69) is 152 Å². The average Bonchev–Trinajstić information content (AvgIpc) is 3.22. The van der Waals surface area contributed by atoms with Gasteiger partial charge in [-0.1, -0.05) is 146 Å². The van der Waals surface area contributed by atoms with E-state index in [0.717, 1.165) is 33.3 Å². The van der Waals surface area contributed by atoms with Crippen molar-refractivity contribution in [1.82, 2.24) is 4.98 Å². The zero-order chi connectivity index (χ0) is 34.3. The van der Waals surface area contributed by atoms with Crippen molar-refractivity contribution in [1.29, 1.82) is 5.26 Å². The molecular weight excluding hydrogens is 629 g/mol. The Morgan fingerprint density at radius 2 is 0.962 bits per heavy atom. The van der Waals surface area contributed by atoms with E-state index in [1.807, 2.05) is 24.3 Å². The Balaban J connectivity index is 1.22. The van der Waals surface area contributed by atoms with Crippen molar-refractivity contribution in [3.05, 3.63) is 175 Å². The van der Waals surface area contributed by atoms with Crippen LogP contribution in [0.15, 0.2) is 170 Å². The lowest BCUT2D eigenvalue weighted by Crippen LogP contribution is -1.94. The predicted molar refractivity (Wildman–Crippen MR) is 219 cm³/mol. The van der Waals surface area contributed by atoms with Gasteiger partial charge in [0.05, 0.1) is 22.8 Å². The molecule has 0 saturated heterocycles. The first-order valence-electron chi connectivity index (χ1n) is 17.7. The summed E-state index contributed by atoms with van der Waals surface area (Å²) >= 11 is 0. The monoisotopic (exact) mass is 656 g/mol. The van der Waals surface area contributed by atoms with Crippen LogP contribution in [0.25, 0.3) is 109 Å². The van der Waals surface area contributed by atoms with Crippen LogP contribution in [0.5, 0.6) is 0 Å². The normalized spacial score (nSPS) is 11.8. The third-order valence-corrected chi connectivity index (χ3v) is 11.0. The molecule has 0 unspecified atom stereocenters. The van der Waals surface area contributed by atoms with Gasteiger partial charge in [0.2, 0.25) is 0 Å². The van der Waals surface area contributed by atoms with Crippen LogP contribution in [-0.4, -0.2) is 4.98 Å². The maximum absolute atomic E-state index is 9.39. The number of hydrogen-bond acceptors (Lipinski definition) is 2. The van der Waals surface area contributed by atoms with Crippen LogP contribution in [0.1, 0.15) is 5.56 Å². The molecule has 10 aromatic carbocycles. The minimum Gasteiger partial charge on any atom is -0.247 e. The summed E-state index contributed by atoms with van der Waals surface area (Å²) in [5.74, 6) is 0. The molecule has 0 amide bonds. The Labute approximate surface area is 299 Å². The maximum atomic E-state index is 9.39. The highest BCUT2D eigenvalue weighted by atomic mass is 14.7. The molecule has 0 atom stereocenters. The van der Waals surface area contributed by atoms with Crippen molar-refractivity contribution in [3.8, 4) is 39.6 Å². The summed E-state index contributed by atoms with van der Waals surface area (Å²) in [7, 11) is 0. The summed E-state index contributed by atoms with van der Waals surface area (Å²) in [5, 5.41) is 25.5. The second-order valence-corrected chi connectivity index (χ2v) is 13.8. The van der Waals surface area contributed by atoms with Gasteiger partial charge in [0.15, 0.2) is 0 Å². The average molecular weight is 657 g/mol. The molecule has 0 aliphatic heterocycles. The van der Waals surface area contributed by atoms with Gasteiger partial charge in [0, 0.05) is 21.7 Å². The van der Waals surface area contributed by atoms with Crippen LogP contribution in [-0.2, 0) is 0 Å². The molecule has 0 bridgehead atoms. The van der Waals surface area contributed by atoms with Crippen LogP contribution >= 0.6 is 0 Å². The van der Waals surface area contributed by atoms with E-state index in [-0.39, 0.29) is 0 Å². The largest absolute Gasteiger partial charge is 0.247 e. The van der Waals surface area contributed by atoms with E-state index in [0.29, 0.717) is 5.56 Å². The van der Waals surface area contributed by atoms with E-state index in [9.17, 15) is 5.26 Å². The minimum absolute atomic E-state index is 0.652. The fourth-order valence-corrected chi connectivity index (χ4v) is 8.63. The van der Waals surface area contributed by atoms with Crippen molar-refractivity contribution in [3.63, 3.8) is 0 Å². The lowest BCUT2D eigenvalue weighted by molar-refractivity contribution is 1.43.